The van der Waals surface area contributed by atoms with E-state index in [0.29, 0.717) is 5.75 Å². The second-order valence-corrected chi connectivity index (χ2v) is 2.56. The van der Waals surface area contributed by atoms with Gasteiger partial charge in [0.1, 0.15) is 18.2 Å². The third-order valence-corrected chi connectivity index (χ3v) is 1.44. The van der Waals surface area contributed by atoms with Crippen LogP contribution in [0.25, 0.3) is 0 Å². The molecule has 1 rings (SSSR count). The zero-order valence-corrected chi connectivity index (χ0v) is 8.49. The standard InChI is InChI=1S/C8H9N3O3.ClH/c9-8(10)5-14-7-3-1-6(2-4-7)11(12)13;/h1-4H,5H2,(H3,9,10);1H. The lowest BCUT2D eigenvalue weighted by Crippen LogP contribution is -2.19. The van der Waals surface area contributed by atoms with Crippen LogP contribution < -0.4 is 10.5 Å². The number of nitrogens with one attached hydrogen (secondary N) is 1. The number of nitro benzene ring substituents is 1. The molecule has 1 aromatic carbocycles. The van der Waals surface area contributed by atoms with E-state index < -0.39 is 4.92 Å². The SMILES string of the molecule is Cl.N=C(N)COc1ccc([N+](=O)[O-])cc1. The zero-order valence-electron chi connectivity index (χ0n) is 7.67. The number of amidine groups is 1. The van der Waals surface area contributed by atoms with E-state index in [2.05, 4.69) is 0 Å². The Hall–Kier alpha value is -1.82. The van der Waals surface area contributed by atoms with Gasteiger partial charge in [-0.25, -0.2) is 0 Å². The van der Waals surface area contributed by atoms with Crippen LogP contribution in [0.2, 0.25) is 0 Å². The van der Waals surface area contributed by atoms with Gasteiger partial charge in [0.25, 0.3) is 5.69 Å². The quantitative estimate of drug-likeness (QED) is 0.353. The molecule has 6 nitrogen and oxygen atoms in total. The molecule has 0 fully saturated rings. The molecule has 0 bridgehead atoms. The van der Waals surface area contributed by atoms with E-state index in [0.717, 1.165) is 0 Å². The lowest BCUT2D eigenvalue weighted by atomic mass is 10.3. The Bertz CT molecular complexity index is 353. The first kappa shape index (κ1) is 13.2. The van der Waals surface area contributed by atoms with Crippen molar-refractivity contribution in [2.75, 3.05) is 6.61 Å². The molecule has 0 saturated heterocycles. The fourth-order valence-corrected chi connectivity index (χ4v) is 0.825. The van der Waals surface area contributed by atoms with Gasteiger partial charge in [-0.3, -0.25) is 15.5 Å². The summed E-state index contributed by atoms with van der Waals surface area (Å²) in [6.07, 6.45) is 0. The van der Waals surface area contributed by atoms with Crippen molar-refractivity contribution in [2.24, 2.45) is 5.73 Å². The van der Waals surface area contributed by atoms with Gasteiger partial charge in [-0.2, -0.15) is 0 Å². The largest absolute Gasteiger partial charge is 0.486 e. The summed E-state index contributed by atoms with van der Waals surface area (Å²) in [5.74, 6) is 0.356. The van der Waals surface area contributed by atoms with E-state index in [-0.39, 0.29) is 30.5 Å². The highest BCUT2D eigenvalue weighted by atomic mass is 35.5. The topological polar surface area (TPSA) is 102 Å². The molecular weight excluding hydrogens is 222 g/mol. The van der Waals surface area contributed by atoms with Crippen molar-refractivity contribution in [1.82, 2.24) is 0 Å². The first-order chi connectivity index (χ1) is 6.59. The molecule has 0 aliphatic carbocycles. The predicted molar refractivity (Wildman–Crippen MR) is 57.8 cm³/mol. The number of benzene rings is 1. The summed E-state index contributed by atoms with van der Waals surface area (Å²) in [6.45, 7) is -0.0161. The second-order valence-electron chi connectivity index (χ2n) is 2.56. The Labute approximate surface area is 92.1 Å². The number of nitrogens with two attached hydrogens (primary N) is 1. The molecule has 0 heterocycles. The van der Waals surface area contributed by atoms with Crippen molar-refractivity contribution >= 4 is 23.9 Å². The van der Waals surface area contributed by atoms with Gasteiger partial charge in [-0.1, -0.05) is 0 Å². The summed E-state index contributed by atoms with van der Waals surface area (Å²) >= 11 is 0. The molecule has 0 saturated carbocycles. The summed E-state index contributed by atoms with van der Waals surface area (Å²) in [6, 6.07) is 5.58. The predicted octanol–water partition coefficient (Wildman–Crippen LogP) is 1.33. The van der Waals surface area contributed by atoms with Crippen LogP contribution in [0.15, 0.2) is 24.3 Å². The maximum atomic E-state index is 10.3. The molecule has 0 aromatic heterocycles. The van der Waals surface area contributed by atoms with Gasteiger partial charge in [-0.05, 0) is 12.1 Å². The number of nitro groups is 1. The molecule has 0 atom stereocenters. The Morgan fingerprint density at radius 1 is 1.47 bits per heavy atom. The molecule has 7 heteroatoms. The molecule has 15 heavy (non-hydrogen) atoms. The van der Waals surface area contributed by atoms with Crippen LogP contribution in [-0.4, -0.2) is 17.4 Å². The van der Waals surface area contributed by atoms with Crippen LogP contribution >= 0.6 is 12.4 Å². The zero-order chi connectivity index (χ0) is 10.6. The van der Waals surface area contributed by atoms with Gasteiger partial charge in [-0.15, -0.1) is 12.4 Å². The average Bonchev–Trinajstić information content (AvgIpc) is 2.15. The van der Waals surface area contributed by atoms with Crippen LogP contribution in [0.4, 0.5) is 5.69 Å². The van der Waals surface area contributed by atoms with Crippen LogP contribution in [0, 0.1) is 15.5 Å². The van der Waals surface area contributed by atoms with Crippen LogP contribution in [0.3, 0.4) is 0 Å². The number of rotatable bonds is 4. The minimum Gasteiger partial charge on any atom is -0.486 e. The number of halogens is 1. The molecule has 0 unspecified atom stereocenters. The lowest BCUT2D eigenvalue weighted by Gasteiger charge is -2.03. The second kappa shape index (κ2) is 5.82. The van der Waals surface area contributed by atoms with Crippen molar-refractivity contribution in [3.63, 3.8) is 0 Å². The molecule has 0 aliphatic rings. The van der Waals surface area contributed by atoms with Gasteiger partial charge in [0.05, 0.1) is 4.92 Å². The smallest absolute Gasteiger partial charge is 0.269 e. The summed E-state index contributed by atoms with van der Waals surface area (Å²) in [7, 11) is 0. The molecule has 3 N–H and O–H groups in total. The maximum Gasteiger partial charge on any atom is 0.269 e. The van der Waals surface area contributed by atoms with Crippen molar-refractivity contribution in [3.05, 3.63) is 34.4 Å². The van der Waals surface area contributed by atoms with E-state index in [1.54, 1.807) is 0 Å². The Kier molecular flexibility index (Phi) is 5.11. The molecule has 0 aliphatic heterocycles. The number of non-ortho nitro benzene ring substituents is 1. The first-order valence-electron chi connectivity index (χ1n) is 3.80. The Balaban J connectivity index is 0.00000196. The first-order valence-corrected chi connectivity index (χ1v) is 3.80. The molecule has 1 aromatic rings. The van der Waals surface area contributed by atoms with Gasteiger partial charge in [0.2, 0.25) is 0 Å². The molecule has 0 spiro atoms. The van der Waals surface area contributed by atoms with Crippen molar-refractivity contribution in [2.45, 2.75) is 0 Å². The highest BCUT2D eigenvalue weighted by molar-refractivity contribution is 5.85. The number of hydrogen-bond acceptors (Lipinski definition) is 4. The highest BCUT2D eigenvalue weighted by Crippen LogP contribution is 2.16. The van der Waals surface area contributed by atoms with E-state index in [4.69, 9.17) is 15.9 Å². The fraction of sp³-hybridized carbons (Fsp3) is 0.125. The van der Waals surface area contributed by atoms with Crippen LogP contribution in [0.1, 0.15) is 0 Å². The summed E-state index contributed by atoms with van der Waals surface area (Å²) in [5.41, 5.74) is 5.07. The molecular formula is C8H10ClN3O3. The Morgan fingerprint density at radius 3 is 2.40 bits per heavy atom. The van der Waals surface area contributed by atoms with Crippen molar-refractivity contribution in [3.8, 4) is 5.75 Å². The van der Waals surface area contributed by atoms with Crippen molar-refractivity contribution < 1.29 is 9.66 Å². The minimum absolute atomic E-state index is 0. The molecule has 82 valence electrons. The number of nitrogens with zero attached hydrogens (tertiary/aromatic N) is 1. The average molecular weight is 232 g/mol. The molecule has 0 radical (unpaired) electrons. The van der Waals surface area contributed by atoms with Crippen LogP contribution in [0.5, 0.6) is 5.75 Å². The Morgan fingerprint density at radius 2 is 2.00 bits per heavy atom. The highest BCUT2D eigenvalue weighted by Gasteiger charge is 2.04. The third kappa shape index (κ3) is 4.28. The van der Waals surface area contributed by atoms with Gasteiger partial charge < -0.3 is 10.5 Å². The fourth-order valence-electron chi connectivity index (χ4n) is 0.825. The number of ether oxygens (including phenoxy) is 1. The van der Waals surface area contributed by atoms with Gasteiger partial charge in [0, 0.05) is 12.1 Å². The molecule has 0 amide bonds. The summed E-state index contributed by atoms with van der Waals surface area (Å²) in [4.78, 5) is 9.80. The summed E-state index contributed by atoms with van der Waals surface area (Å²) < 4.78 is 5.03. The monoisotopic (exact) mass is 231 g/mol. The normalized spacial score (nSPS) is 8.80. The lowest BCUT2D eigenvalue weighted by molar-refractivity contribution is -0.384. The third-order valence-electron chi connectivity index (χ3n) is 1.44. The van der Waals surface area contributed by atoms with Crippen molar-refractivity contribution in [1.29, 1.82) is 5.41 Å². The van der Waals surface area contributed by atoms with Gasteiger partial charge in [0.15, 0.2) is 0 Å². The number of hydrogen-bond donors (Lipinski definition) is 2. The minimum atomic E-state index is -0.491. The summed E-state index contributed by atoms with van der Waals surface area (Å²) in [5, 5.41) is 17.2. The maximum absolute atomic E-state index is 10.3. The van der Waals surface area contributed by atoms with E-state index >= 15 is 0 Å². The van der Waals surface area contributed by atoms with Crippen LogP contribution in [-0.2, 0) is 0 Å². The van der Waals surface area contributed by atoms with Gasteiger partial charge >= 0.3 is 0 Å². The van der Waals surface area contributed by atoms with E-state index in [1.807, 2.05) is 0 Å². The van der Waals surface area contributed by atoms with E-state index in [9.17, 15) is 10.1 Å². The van der Waals surface area contributed by atoms with E-state index in [1.165, 1.54) is 24.3 Å².